The molecule has 0 aromatic carbocycles. The van der Waals surface area contributed by atoms with Gasteiger partial charge in [-0.05, 0) is 0 Å². The van der Waals surface area contributed by atoms with Crippen molar-refractivity contribution >= 4 is 11.9 Å². The molecule has 5 heteroatoms. The fourth-order valence-electron chi connectivity index (χ4n) is 0.711. The van der Waals surface area contributed by atoms with Gasteiger partial charge in [0.2, 0.25) is 5.91 Å². The summed E-state index contributed by atoms with van der Waals surface area (Å²) in [6.45, 7) is 2.76. The van der Waals surface area contributed by atoms with E-state index in [1.54, 1.807) is 7.05 Å². The van der Waals surface area contributed by atoms with Crippen molar-refractivity contribution in [2.45, 2.75) is 20.0 Å². The number of carbonyl (C=O) groups is 2. The molecule has 0 spiro atoms. The minimum absolute atomic E-state index is 0.0764. The molecule has 0 fully saturated rings. The first-order valence-corrected chi connectivity index (χ1v) is 3.96. The van der Waals surface area contributed by atoms with Gasteiger partial charge in [-0.3, -0.25) is 9.59 Å². The minimum atomic E-state index is -0.821. The number of aliphatic hydroxyl groups excluding tert-OH is 1. The highest BCUT2D eigenvalue weighted by Gasteiger charge is 2.11. The Morgan fingerprint density at radius 2 is 2.00 bits per heavy atom. The van der Waals surface area contributed by atoms with E-state index < -0.39 is 12.1 Å². The average Bonchev–Trinajstić information content (AvgIpc) is 2.00. The Morgan fingerprint density at radius 1 is 1.46 bits per heavy atom. The van der Waals surface area contributed by atoms with E-state index in [1.807, 2.05) is 0 Å². The molecular weight excluding hydrogens is 174 g/mol. The number of carbonyl (C=O) groups excluding carboxylic acids is 2. The van der Waals surface area contributed by atoms with Crippen LogP contribution in [0.25, 0.3) is 0 Å². The van der Waals surface area contributed by atoms with Crippen LogP contribution in [0, 0.1) is 0 Å². The van der Waals surface area contributed by atoms with Crippen LogP contribution in [0.1, 0.15) is 13.8 Å². The number of hydrogen-bond donors (Lipinski definition) is 1. The van der Waals surface area contributed by atoms with Gasteiger partial charge in [0.25, 0.3) is 0 Å². The average molecular weight is 189 g/mol. The van der Waals surface area contributed by atoms with Gasteiger partial charge in [0, 0.05) is 27.4 Å². The molecule has 0 heterocycles. The van der Waals surface area contributed by atoms with Crippen LogP contribution in [0.4, 0.5) is 0 Å². The van der Waals surface area contributed by atoms with E-state index in [0.29, 0.717) is 0 Å². The molecule has 0 aliphatic rings. The maximum atomic E-state index is 10.7. The first-order valence-electron chi connectivity index (χ1n) is 3.96. The molecule has 1 amide bonds. The summed E-state index contributed by atoms with van der Waals surface area (Å²) >= 11 is 0. The maximum Gasteiger partial charge on any atom is 0.302 e. The molecule has 0 saturated carbocycles. The van der Waals surface area contributed by atoms with Crippen molar-refractivity contribution in [1.29, 1.82) is 0 Å². The van der Waals surface area contributed by atoms with Gasteiger partial charge in [-0.25, -0.2) is 0 Å². The number of likely N-dealkylation sites (N-methyl/N-ethyl adjacent to an activating group) is 1. The second-order valence-electron chi connectivity index (χ2n) is 2.86. The molecule has 0 radical (unpaired) electrons. The third-order valence-corrected chi connectivity index (χ3v) is 1.50. The molecule has 76 valence electrons. The van der Waals surface area contributed by atoms with Crippen LogP contribution in [-0.4, -0.2) is 48.2 Å². The highest BCUT2D eigenvalue weighted by atomic mass is 16.5. The predicted molar refractivity (Wildman–Crippen MR) is 46.0 cm³/mol. The van der Waals surface area contributed by atoms with Gasteiger partial charge in [-0.1, -0.05) is 0 Å². The highest BCUT2D eigenvalue weighted by Crippen LogP contribution is 1.91. The number of rotatable bonds is 4. The van der Waals surface area contributed by atoms with Crippen molar-refractivity contribution in [3.05, 3.63) is 0 Å². The third kappa shape index (κ3) is 6.10. The Morgan fingerprint density at radius 3 is 2.38 bits per heavy atom. The third-order valence-electron chi connectivity index (χ3n) is 1.50. The molecule has 0 aromatic heterocycles. The molecule has 0 aliphatic carbocycles. The summed E-state index contributed by atoms with van der Waals surface area (Å²) in [6, 6.07) is 0. The van der Waals surface area contributed by atoms with E-state index in [1.165, 1.54) is 18.7 Å². The zero-order chi connectivity index (χ0) is 10.4. The SMILES string of the molecule is CC(=O)OCC(O)CN(C)C(C)=O. The van der Waals surface area contributed by atoms with Crippen molar-refractivity contribution in [2.75, 3.05) is 20.2 Å². The lowest BCUT2D eigenvalue weighted by atomic mass is 10.3. The van der Waals surface area contributed by atoms with E-state index in [4.69, 9.17) is 0 Å². The zero-order valence-electron chi connectivity index (χ0n) is 8.11. The van der Waals surface area contributed by atoms with Gasteiger partial charge in [0.15, 0.2) is 0 Å². The second kappa shape index (κ2) is 5.53. The molecule has 1 N–H and O–H groups in total. The fourth-order valence-corrected chi connectivity index (χ4v) is 0.711. The highest BCUT2D eigenvalue weighted by molar-refractivity contribution is 5.72. The smallest absolute Gasteiger partial charge is 0.302 e. The van der Waals surface area contributed by atoms with Gasteiger partial charge in [-0.2, -0.15) is 0 Å². The lowest BCUT2D eigenvalue weighted by Gasteiger charge is -2.18. The van der Waals surface area contributed by atoms with Crippen LogP contribution >= 0.6 is 0 Å². The van der Waals surface area contributed by atoms with E-state index in [0.717, 1.165) is 0 Å². The van der Waals surface area contributed by atoms with Crippen molar-refractivity contribution in [3.8, 4) is 0 Å². The lowest BCUT2D eigenvalue weighted by Crippen LogP contribution is -2.35. The first-order chi connectivity index (χ1) is 5.93. The summed E-state index contributed by atoms with van der Waals surface area (Å²) in [4.78, 5) is 22.4. The Bertz CT molecular complexity index is 193. The Labute approximate surface area is 77.3 Å². The number of esters is 1. The Balaban J connectivity index is 3.67. The molecule has 1 atom stereocenters. The number of aliphatic hydroxyl groups is 1. The largest absolute Gasteiger partial charge is 0.463 e. The van der Waals surface area contributed by atoms with Crippen molar-refractivity contribution in [1.82, 2.24) is 4.90 Å². The molecular formula is C8H15NO4. The molecule has 5 nitrogen and oxygen atoms in total. The fraction of sp³-hybridized carbons (Fsp3) is 0.750. The standard InChI is InChI=1S/C8H15NO4/c1-6(10)9(3)4-8(12)5-13-7(2)11/h8,12H,4-5H2,1-3H3. The minimum Gasteiger partial charge on any atom is -0.463 e. The summed E-state index contributed by atoms with van der Waals surface area (Å²) < 4.78 is 4.56. The molecule has 13 heavy (non-hydrogen) atoms. The van der Waals surface area contributed by atoms with Crippen molar-refractivity contribution in [3.63, 3.8) is 0 Å². The van der Waals surface area contributed by atoms with Gasteiger partial charge < -0.3 is 14.7 Å². The van der Waals surface area contributed by atoms with Crippen LogP contribution < -0.4 is 0 Å². The topological polar surface area (TPSA) is 66.8 Å². The van der Waals surface area contributed by atoms with Crippen LogP contribution in [-0.2, 0) is 14.3 Å². The van der Waals surface area contributed by atoms with Gasteiger partial charge >= 0.3 is 5.97 Å². The first kappa shape index (κ1) is 11.9. The van der Waals surface area contributed by atoms with E-state index in [9.17, 15) is 14.7 Å². The molecule has 0 aromatic rings. The summed E-state index contributed by atoms with van der Waals surface area (Å²) in [5.74, 6) is -0.577. The van der Waals surface area contributed by atoms with Gasteiger partial charge in [0.1, 0.15) is 12.7 Å². The molecule has 0 bridgehead atoms. The van der Waals surface area contributed by atoms with E-state index in [-0.39, 0.29) is 19.1 Å². The molecule has 0 saturated heterocycles. The Kier molecular flexibility index (Phi) is 5.06. The van der Waals surface area contributed by atoms with Crippen LogP contribution in [0.15, 0.2) is 0 Å². The normalized spacial score (nSPS) is 12.0. The van der Waals surface area contributed by atoms with Crippen LogP contribution in [0.2, 0.25) is 0 Å². The number of ether oxygens (including phenoxy) is 1. The molecule has 0 rings (SSSR count). The summed E-state index contributed by atoms with van der Waals surface area (Å²) in [6.07, 6.45) is -0.821. The number of amides is 1. The quantitative estimate of drug-likeness (QED) is 0.599. The van der Waals surface area contributed by atoms with Crippen LogP contribution in [0.3, 0.4) is 0 Å². The summed E-state index contributed by atoms with van der Waals surface area (Å²) in [5, 5.41) is 9.25. The predicted octanol–water partition coefficient (Wildman–Crippen LogP) is -0.611. The van der Waals surface area contributed by atoms with E-state index >= 15 is 0 Å². The maximum absolute atomic E-state index is 10.7. The van der Waals surface area contributed by atoms with Gasteiger partial charge in [0.05, 0.1) is 0 Å². The molecule has 0 aliphatic heterocycles. The summed E-state index contributed by atoms with van der Waals surface area (Å²) in [5.41, 5.74) is 0. The van der Waals surface area contributed by atoms with E-state index in [2.05, 4.69) is 4.74 Å². The lowest BCUT2D eigenvalue weighted by molar-refractivity contribution is -0.144. The van der Waals surface area contributed by atoms with Crippen molar-refractivity contribution in [2.24, 2.45) is 0 Å². The van der Waals surface area contributed by atoms with Crippen LogP contribution in [0.5, 0.6) is 0 Å². The van der Waals surface area contributed by atoms with Gasteiger partial charge in [-0.15, -0.1) is 0 Å². The number of nitrogens with zero attached hydrogens (tertiary/aromatic N) is 1. The van der Waals surface area contributed by atoms with Crippen molar-refractivity contribution < 1.29 is 19.4 Å². The molecule has 1 unspecified atom stereocenters. The number of hydrogen-bond acceptors (Lipinski definition) is 4. The monoisotopic (exact) mass is 189 g/mol. The second-order valence-corrected chi connectivity index (χ2v) is 2.86. The summed E-state index contributed by atoms with van der Waals surface area (Å²) in [7, 11) is 1.57. The Hall–Kier alpha value is -1.10. The zero-order valence-corrected chi connectivity index (χ0v) is 8.11.